The van der Waals surface area contributed by atoms with E-state index in [1.165, 1.54) is 93.6 Å². The van der Waals surface area contributed by atoms with Crippen molar-refractivity contribution in [3.05, 3.63) is 59.3 Å². The first-order valence-corrected chi connectivity index (χ1v) is 21.9. The Bertz CT molecular complexity index is 1830. The van der Waals surface area contributed by atoms with E-state index in [-0.39, 0.29) is 43.5 Å². The molecule has 2 aromatic heterocycles. The summed E-state index contributed by atoms with van der Waals surface area (Å²) < 4.78 is 51.0. The monoisotopic (exact) mass is 811 g/mol. The van der Waals surface area contributed by atoms with Crippen molar-refractivity contribution < 1.29 is 37.2 Å². The third-order valence-electron chi connectivity index (χ3n) is 10.2. The van der Waals surface area contributed by atoms with Gasteiger partial charge in [-0.1, -0.05) is 96.8 Å². The Hall–Kier alpha value is -3.95. The van der Waals surface area contributed by atoms with Crippen molar-refractivity contribution in [1.29, 1.82) is 10.5 Å². The van der Waals surface area contributed by atoms with Crippen molar-refractivity contribution in [3.8, 4) is 12.1 Å². The minimum atomic E-state index is -4.67. The molecule has 1 unspecified atom stereocenters. The average molecular weight is 812 g/mol. The van der Waals surface area contributed by atoms with Crippen molar-refractivity contribution in [2.45, 2.75) is 147 Å². The second-order valence-corrected chi connectivity index (χ2v) is 16.3. The van der Waals surface area contributed by atoms with Crippen molar-refractivity contribution in [1.82, 2.24) is 19.9 Å². The molecule has 0 saturated carbocycles. The van der Waals surface area contributed by atoms with Crippen LogP contribution in [0, 0.1) is 28.5 Å². The van der Waals surface area contributed by atoms with Crippen LogP contribution in [0.2, 0.25) is 0 Å². The molecule has 0 spiro atoms. The number of carbonyl (C=O) groups is 1. The molecule has 14 nitrogen and oxygen atoms in total. The lowest BCUT2D eigenvalue weighted by molar-refractivity contribution is -0.122. The molecule has 1 saturated heterocycles. The SMILES string of the molecule is CCCCCCCCCCCCCCCCCC(=O)NC[C@H](COP(=O)(O)OC[C@@H]1CC[C@](C#N)(c2ccc3c(N)ncnn23)O1)OCc1cc(F)cc(C#N)c1. The number of hydrogen-bond acceptors (Lipinski definition) is 11. The van der Waals surface area contributed by atoms with Gasteiger partial charge in [-0.3, -0.25) is 13.8 Å². The van der Waals surface area contributed by atoms with Crippen LogP contribution >= 0.6 is 7.82 Å². The van der Waals surface area contributed by atoms with E-state index >= 15 is 0 Å². The lowest BCUT2D eigenvalue weighted by Crippen LogP contribution is -2.36. The molecule has 1 amide bonds. The molecular formula is C41H59FN7O7P. The number of amides is 1. The number of halogens is 1. The number of nitriles is 2. The highest BCUT2D eigenvalue weighted by Gasteiger charge is 2.45. The minimum absolute atomic E-state index is 0.0479. The van der Waals surface area contributed by atoms with Gasteiger partial charge in [0.05, 0.1) is 49.4 Å². The molecule has 16 heteroatoms. The van der Waals surface area contributed by atoms with Gasteiger partial charge < -0.3 is 25.4 Å². The number of fused-ring (bicyclic) bond motifs is 1. The second kappa shape index (κ2) is 24.1. The van der Waals surface area contributed by atoms with Gasteiger partial charge in [-0.2, -0.15) is 15.6 Å². The number of nitrogens with one attached hydrogen (secondary N) is 1. The zero-order valence-electron chi connectivity index (χ0n) is 33.2. The van der Waals surface area contributed by atoms with Gasteiger partial charge in [0.15, 0.2) is 11.4 Å². The largest absolute Gasteiger partial charge is 0.472 e. The van der Waals surface area contributed by atoms with Gasteiger partial charge in [-0.05, 0) is 55.2 Å². The van der Waals surface area contributed by atoms with Gasteiger partial charge in [0.1, 0.15) is 23.7 Å². The van der Waals surface area contributed by atoms with Crippen LogP contribution in [0.25, 0.3) is 5.52 Å². The Kier molecular flexibility index (Phi) is 19.3. The predicted octanol–water partition coefficient (Wildman–Crippen LogP) is 8.32. The summed E-state index contributed by atoms with van der Waals surface area (Å²) in [5.41, 5.74) is 5.99. The lowest BCUT2D eigenvalue weighted by atomic mass is 9.98. The van der Waals surface area contributed by atoms with Gasteiger partial charge in [0.2, 0.25) is 5.91 Å². The molecule has 1 aromatic carbocycles. The molecule has 0 radical (unpaired) electrons. The number of benzene rings is 1. The minimum Gasteiger partial charge on any atom is -0.382 e. The fraction of sp³-hybridized carbons (Fsp3) is 0.634. The van der Waals surface area contributed by atoms with Crippen LogP contribution in [-0.2, 0) is 40.1 Å². The molecule has 1 fully saturated rings. The highest BCUT2D eigenvalue weighted by Crippen LogP contribution is 2.46. The molecular weight excluding hydrogens is 752 g/mol. The number of carbonyl (C=O) groups excluding carboxylic acids is 1. The zero-order chi connectivity index (χ0) is 40.9. The van der Waals surface area contributed by atoms with Crippen LogP contribution in [0.3, 0.4) is 0 Å². The summed E-state index contributed by atoms with van der Waals surface area (Å²) in [7, 11) is -4.67. The van der Waals surface area contributed by atoms with Gasteiger partial charge in [0, 0.05) is 13.0 Å². The Balaban J connectivity index is 1.19. The van der Waals surface area contributed by atoms with Gasteiger partial charge in [0.25, 0.3) is 0 Å². The van der Waals surface area contributed by atoms with E-state index in [0.29, 0.717) is 29.6 Å². The smallest absolute Gasteiger partial charge is 0.382 e. The van der Waals surface area contributed by atoms with Crippen molar-refractivity contribution >= 4 is 25.1 Å². The Morgan fingerprint density at radius 2 is 1.72 bits per heavy atom. The van der Waals surface area contributed by atoms with Gasteiger partial charge in [-0.15, -0.1) is 0 Å². The van der Waals surface area contributed by atoms with Crippen molar-refractivity contribution in [3.63, 3.8) is 0 Å². The Morgan fingerprint density at radius 3 is 2.37 bits per heavy atom. The van der Waals surface area contributed by atoms with E-state index < -0.39 is 38.1 Å². The average Bonchev–Trinajstić information content (AvgIpc) is 3.84. The Morgan fingerprint density at radius 1 is 1.05 bits per heavy atom. The molecule has 0 bridgehead atoms. The summed E-state index contributed by atoms with van der Waals surface area (Å²) in [6.07, 6.45) is 19.0. The fourth-order valence-corrected chi connectivity index (χ4v) is 7.80. The number of phosphoric ester groups is 1. The number of hydrogen-bond donors (Lipinski definition) is 3. The highest BCUT2D eigenvalue weighted by molar-refractivity contribution is 7.47. The van der Waals surface area contributed by atoms with E-state index in [1.54, 1.807) is 12.1 Å². The number of phosphoric acid groups is 1. The topological polar surface area (TPSA) is 207 Å². The number of nitrogen functional groups attached to an aromatic ring is 1. The standard InChI is InChI=1S/C41H59FN7O7P/c1-2-3-4-5-6-7-8-9-10-11-12-13-14-15-16-17-39(50)46-26-36(53-27-33-22-32(25-43)23-34(42)24-33)29-55-57(51,52)54-28-35-20-21-41(30-44,56-35)38-19-18-37-40(45)47-31-48-49(37)38/h18-19,22-24,31,35-36H,2-17,20-21,26-29H2,1H3,(H,46,50)(H,51,52)(H2,45,47,48)/t35-,36+,41-/m0/s1. The van der Waals surface area contributed by atoms with Crippen LogP contribution in [0.5, 0.6) is 0 Å². The maximum atomic E-state index is 14.1. The first kappa shape index (κ1) is 45.7. The van der Waals surface area contributed by atoms with Crippen LogP contribution in [0.4, 0.5) is 10.2 Å². The predicted molar refractivity (Wildman–Crippen MR) is 213 cm³/mol. The third kappa shape index (κ3) is 15.4. The summed E-state index contributed by atoms with van der Waals surface area (Å²) in [6.45, 7) is 1.25. The number of nitrogens with two attached hydrogens (primary N) is 1. The number of anilines is 1. The van der Waals surface area contributed by atoms with Gasteiger partial charge >= 0.3 is 7.82 Å². The molecule has 1 aliphatic heterocycles. The van der Waals surface area contributed by atoms with E-state index in [1.807, 2.05) is 6.07 Å². The number of rotatable bonds is 28. The van der Waals surface area contributed by atoms with Crippen LogP contribution in [-0.4, -0.2) is 57.4 Å². The first-order valence-electron chi connectivity index (χ1n) is 20.5. The number of unbranched alkanes of at least 4 members (excludes halogenated alkanes) is 14. The van der Waals surface area contributed by atoms with E-state index in [4.69, 9.17) is 24.3 Å². The van der Waals surface area contributed by atoms with Crippen LogP contribution < -0.4 is 11.1 Å². The third-order valence-corrected chi connectivity index (χ3v) is 11.2. The lowest BCUT2D eigenvalue weighted by Gasteiger charge is -2.23. The van der Waals surface area contributed by atoms with Crippen LogP contribution in [0.15, 0.2) is 36.7 Å². The molecule has 1 aliphatic rings. The van der Waals surface area contributed by atoms with E-state index in [0.717, 1.165) is 31.7 Å². The van der Waals surface area contributed by atoms with Crippen molar-refractivity contribution in [2.75, 3.05) is 25.5 Å². The molecule has 4 rings (SSSR count). The molecule has 0 aliphatic carbocycles. The molecule has 57 heavy (non-hydrogen) atoms. The van der Waals surface area contributed by atoms with Gasteiger partial charge in [-0.25, -0.2) is 18.5 Å². The maximum absolute atomic E-state index is 14.1. The quantitative estimate of drug-likeness (QED) is 0.0467. The Labute approximate surface area is 335 Å². The van der Waals surface area contributed by atoms with Crippen molar-refractivity contribution in [2.24, 2.45) is 0 Å². The molecule has 3 heterocycles. The number of aromatic nitrogens is 3. The normalized spacial score (nSPS) is 18.2. The fourth-order valence-electron chi connectivity index (χ4n) is 7.01. The zero-order valence-corrected chi connectivity index (χ0v) is 34.1. The highest BCUT2D eigenvalue weighted by atomic mass is 31.2. The number of ether oxygens (including phenoxy) is 2. The molecule has 4 atom stereocenters. The second-order valence-electron chi connectivity index (χ2n) is 14.8. The summed E-state index contributed by atoms with van der Waals surface area (Å²) in [4.78, 5) is 27.2. The first-order chi connectivity index (χ1) is 27.6. The molecule has 4 N–H and O–H groups in total. The summed E-state index contributed by atoms with van der Waals surface area (Å²) in [5.74, 6) is -0.559. The molecule has 3 aromatic rings. The maximum Gasteiger partial charge on any atom is 0.472 e. The summed E-state index contributed by atoms with van der Waals surface area (Å²) in [5, 5.41) is 26.3. The van der Waals surface area contributed by atoms with Crippen LogP contribution in [0.1, 0.15) is 139 Å². The van der Waals surface area contributed by atoms with E-state index in [2.05, 4.69) is 28.4 Å². The number of nitrogens with zero attached hydrogens (tertiary/aromatic N) is 5. The summed E-state index contributed by atoms with van der Waals surface area (Å²) >= 11 is 0. The molecule has 312 valence electrons. The summed E-state index contributed by atoms with van der Waals surface area (Å²) in [6, 6.07) is 11.2. The van der Waals surface area contributed by atoms with E-state index in [9.17, 15) is 29.2 Å².